The summed E-state index contributed by atoms with van der Waals surface area (Å²) in [6, 6.07) is 6.33. The quantitative estimate of drug-likeness (QED) is 0.912. The molecule has 0 amide bonds. The molecule has 18 heavy (non-hydrogen) atoms. The fourth-order valence-electron chi connectivity index (χ4n) is 3.09. The lowest BCUT2D eigenvalue weighted by atomic mass is 9.71. The monoisotopic (exact) mass is 267 g/mol. The van der Waals surface area contributed by atoms with Gasteiger partial charge in [0.05, 0.1) is 25.7 Å². The van der Waals surface area contributed by atoms with E-state index in [2.05, 4.69) is 5.32 Å². The second kappa shape index (κ2) is 4.72. The Hall–Kier alpha value is -0.770. The first-order chi connectivity index (χ1) is 8.76. The average molecular weight is 268 g/mol. The summed E-state index contributed by atoms with van der Waals surface area (Å²) in [4.78, 5) is 0. The van der Waals surface area contributed by atoms with E-state index in [1.54, 1.807) is 7.11 Å². The van der Waals surface area contributed by atoms with Crippen molar-refractivity contribution in [3.05, 3.63) is 28.8 Å². The molecule has 2 aliphatic rings. The Balaban J connectivity index is 2.02. The Bertz CT molecular complexity index is 439. The van der Waals surface area contributed by atoms with E-state index in [0.29, 0.717) is 6.04 Å². The molecule has 2 saturated heterocycles. The molecule has 1 aromatic carbocycles. The first-order valence-electron chi connectivity index (χ1n) is 6.41. The highest BCUT2D eigenvalue weighted by molar-refractivity contribution is 6.30. The molecule has 1 unspecified atom stereocenters. The summed E-state index contributed by atoms with van der Waals surface area (Å²) in [5.41, 5.74) is 1.22. The van der Waals surface area contributed by atoms with Gasteiger partial charge in [-0.2, -0.15) is 0 Å². The van der Waals surface area contributed by atoms with Crippen molar-refractivity contribution in [2.75, 3.05) is 26.9 Å². The maximum Gasteiger partial charge on any atom is 0.122 e. The topological polar surface area (TPSA) is 30.5 Å². The second-order valence-corrected chi connectivity index (χ2v) is 5.58. The van der Waals surface area contributed by atoms with Crippen molar-refractivity contribution in [2.24, 2.45) is 0 Å². The number of ether oxygens (including phenoxy) is 2. The minimum Gasteiger partial charge on any atom is -0.496 e. The van der Waals surface area contributed by atoms with Crippen LogP contribution in [0, 0.1) is 0 Å². The molecule has 0 bridgehead atoms. The summed E-state index contributed by atoms with van der Waals surface area (Å²) >= 11 is 6.15. The molecule has 2 heterocycles. The van der Waals surface area contributed by atoms with Crippen molar-refractivity contribution in [3.8, 4) is 5.75 Å². The van der Waals surface area contributed by atoms with Crippen LogP contribution in [0.3, 0.4) is 0 Å². The summed E-state index contributed by atoms with van der Waals surface area (Å²) in [5.74, 6) is 0.913. The van der Waals surface area contributed by atoms with Gasteiger partial charge in [0, 0.05) is 16.6 Å². The number of nitrogens with one attached hydrogen (secondary N) is 1. The molecule has 0 saturated carbocycles. The van der Waals surface area contributed by atoms with Gasteiger partial charge in [-0.25, -0.2) is 0 Å². The highest BCUT2D eigenvalue weighted by Gasteiger charge is 2.49. The lowest BCUT2D eigenvalue weighted by Gasteiger charge is -2.47. The Kier molecular flexibility index (Phi) is 3.22. The van der Waals surface area contributed by atoms with E-state index in [9.17, 15) is 0 Å². The Morgan fingerprint density at radius 1 is 1.44 bits per heavy atom. The predicted molar refractivity (Wildman–Crippen MR) is 71.5 cm³/mol. The van der Waals surface area contributed by atoms with Gasteiger partial charge < -0.3 is 14.8 Å². The van der Waals surface area contributed by atoms with Crippen LogP contribution in [0.1, 0.15) is 18.4 Å². The van der Waals surface area contributed by atoms with E-state index >= 15 is 0 Å². The lowest BCUT2D eigenvalue weighted by Crippen LogP contribution is -2.58. The summed E-state index contributed by atoms with van der Waals surface area (Å²) < 4.78 is 11.0. The molecular formula is C14H18ClNO2. The van der Waals surface area contributed by atoms with Crippen LogP contribution in [-0.4, -0.2) is 32.9 Å². The average Bonchev–Trinajstić information content (AvgIpc) is 2.82. The van der Waals surface area contributed by atoms with Gasteiger partial charge in [-0.05, 0) is 37.6 Å². The third kappa shape index (κ3) is 1.81. The number of halogens is 1. The molecule has 1 aromatic rings. The molecule has 1 N–H and O–H groups in total. The van der Waals surface area contributed by atoms with E-state index in [-0.39, 0.29) is 5.41 Å². The van der Waals surface area contributed by atoms with Crippen molar-refractivity contribution in [1.82, 2.24) is 5.32 Å². The molecule has 2 fully saturated rings. The van der Waals surface area contributed by atoms with Crippen molar-refractivity contribution < 1.29 is 9.47 Å². The first-order valence-corrected chi connectivity index (χ1v) is 6.79. The van der Waals surface area contributed by atoms with Crippen LogP contribution in [0.2, 0.25) is 5.02 Å². The standard InChI is InChI=1S/C14H18ClNO2/c1-17-12-5-4-10(15)7-11(12)14(8-18-9-14)13-3-2-6-16-13/h4-5,7,13,16H,2-3,6,8-9H2,1H3. The minimum atomic E-state index is 0.0345. The zero-order valence-corrected chi connectivity index (χ0v) is 11.3. The van der Waals surface area contributed by atoms with Gasteiger partial charge in [0.15, 0.2) is 0 Å². The van der Waals surface area contributed by atoms with Gasteiger partial charge in [0.25, 0.3) is 0 Å². The largest absolute Gasteiger partial charge is 0.496 e. The molecular weight excluding hydrogens is 250 g/mol. The van der Waals surface area contributed by atoms with Crippen molar-refractivity contribution >= 4 is 11.6 Å². The van der Waals surface area contributed by atoms with Crippen LogP contribution in [0.15, 0.2) is 18.2 Å². The summed E-state index contributed by atoms with van der Waals surface area (Å²) in [5, 5.41) is 4.35. The molecule has 4 heteroatoms. The summed E-state index contributed by atoms with van der Waals surface area (Å²) in [6.07, 6.45) is 2.42. The summed E-state index contributed by atoms with van der Waals surface area (Å²) in [6.45, 7) is 2.60. The zero-order chi connectivity index (χ0) is 12.6. The van der Waals surface area contributed by atoms with E-state index in [1.165, 1.54) is 18.4 Å². The third-order valence-electron chi connectivity index (χ3n) is 4.14. The second-order valence-electron chi connectivity index (χ2n) is 5.14. The van der Waals surface area contributed by atoms with E-state index in [1.807, 2.05) is 18.2 Å². The molecule has 3 nitrogen and oxygen atoms in total. The molecule has 1 atom stereocenters. The Labute approximate surface area is 112 Å². The first kappa shape index (κ1) is 12.3. The van der Waals surface area contributed by atoms with E-state index in [0.717, 1.165) is 30.5 Å². The lowest BCUT2D eigenvalue weighted by molar-refractivity contribution is -0.0769. The van der Waals surface area contributed by atoms with Crippen LogP contribution in [-0.2, 0) is 10.2 Å². The van der Waals surface area contributed by atoms with E-state index in [4.69, 9.17) is 21.1 Å². The van der Waals surface area contributed by atoms with Gasteiger partial charge in [0.2, 0.25) is 0 Å². The van der Waals surface area contributed by atoms with Gasteiger partial charge in [-0.1, -0.05) is 11.6 Å². The van der Waals surface area contributed by atoms with Gasteiger partial charge in [0.1, 0.15) is 5.75 Å². The van der Waals surface area contributed by atoms with Crippen LogP contribution >= 0.6 is 11.6 Å². The molecule has 98 valence electrons. The van der Waals surface area contributed by atoms with Gasteiger partial charge in [-0.3, -0.25) is 0 Å². The fraction of sp³-hybridized carbons (Fsp3) is 0.571. The Morgan fingerprint density at radius 3 is 2.83 bits per heavy atom. The van der Waals surface area contributed by atoms with Crippen LogP contribution in [0.4, 0.5) is 0 Å². The van der Waals surface area contributed by atoms with E-state index < -0.39 is 0 Å². The highest BCUT2D eigenvalue weighted by atomic mass is 35.5. The molecule has 0 aliphatic carbocycles. The molecule has 0 radical (unpaired) electrons. The number of rotatable bonds is 3. The van der Waals surface area contributed by atoms with Gasteiger partial charge in [-0.15, -0.1) is 0 Å². The van der Waals surface area contributed by atoms with Crippen LogP contribution < -0.4 is 10.1 Å². The normalized spacial score (nSPS) is 25.8. The number of hydrogen-bond acceptors (Lipinski definition) is 3. The minimum absolute atomic E-state index is 0.0345. The molecule has 0 spiro atoms. The van der Waals surface area contributed by atoms with Crippen LogP contribution in [0.5, 0.6) is 5.75 Å². The van der Waals surface area contributed by atoms with Crippen molar-refractivity contribution in [3.63, 3.8) is 0 Å². The summed E-state index contributed by atoms with van der Waals surface area (Å²) in [7, 11) is 1.71. The third-order valence-corrected chi connectivity index (χ3v) is 4.38. The van der Waals surface area contributed by atoms with Crippen LogP contribution in [0.25, 0.3) is 0 Å². The maximum absolute atomic E-state index is 6.15. The molecule has 2 aliphatic heterocycles. The number of hydrogen-bond donors (Lipinski definition) is 1. The molecule has 3 rings (SSSR count). The zero-order valence-electron chi connectivity index (χ0n) is 10.5. The SMILES string of the molecule is COc1ccc(Cl)cc1C1(C2CCCN2)COC1. The Morgan fingerprint density at radius 2 is 2.28 bits per heavy atom. The van der Waals surface area contributed by atoms with Crippen molar-refractivity contribution in [1.29, 1.82) is 0 Å². The van der Waals surface area contributed by atoms with Crippen molar-refractivity contribution in [2.45, 2.75) is 24.3 Å². The number of benzene rings is 1. The fourth-order valence-corrected chi connectivity index (χ4v) is 3.26. The smallest absolute Gasteiger partial charge is 0.122 e. The predicted octanol–water partition coefficient (Wildman–Crippen LogP) is 2.37. The molecule has 0 aromatic heterocycles. The van der Waals surface area contributed by atoms with Gasteiger partial charge >= 0.3 is 0 Å². The maximum atomic E-state index is 6.15. The highest BCUT2D eigenvalue weighted by Crippen LogP contribution is 2.43. The number of methoxy groups -OCH3 is 1.